The van der Waals surface area contributed by atoms with E-state index in [1.54, 1.807) is 16.7 Å². The second-order valence-electron chi connectivity index (χ2n) is 11.5. The van der Waals surface area contributed by atoms with Gasteiger partial charge in [0.05, 0.1) is 13.2 Å². The number of hydrogen-bond acceptors (Lipinski definition) is 2. The fourth-order valence-electron chi connectivity index (χ4n) is 7.78. The minimum absolute atomic E-state index is 0.270. The van der Waals surface area contributed by atoms with Crippen LogP contribution in [0.25, 0.3) is 0 Å². The second kappa shape index (κ2) is 5.72. The minimum atomic E-state index is -0.270. The fourth-order valence-corrected chi connectivity index (χ4v) is 7.78. The second-order valence-corrected chi connectivity index (χ2v) is 11.5. The Morgan fingerprint density at radius 1 is 1.00 bits per heavy atom. The molecule has 1 spiro atoms. The number of ether oxygens (including phenoxy) is 2. The highest BCUT2D eigenvalue weighted by Crippen LogP contribution is 2.70. The van der Waals surface area contributed by atoms with E-state index in [0.29, 0.717) is 16.2 Å². The first-order chi connectivity index (χ1) is 12.7. The highest BCUT2D eigenvalue weighted by Gasteiger charge is 2.62. The Kier molecular flexibility index (Phi) is 3.91. The van der Waals surface area contributed by atoms with Crippen molar-refractivity contribution in [2.75, 3.05) is 13.2 Å². The normalized spacial score (nSPS) is 43.4. The van der Waals surface area contributed by atoms with Crippen molar-refractivity contribution < 1.29 is 9.47 Å². The maximum Gasteiger partial charge on any atom is 0.172 e. The van der Waals surface area contributed by atoms with Gasteiger partial charge in [-0.25, -0.2) is 0 Å². The van der Waals surface area contributed by atoms with E-state index >= 15 is 0 Å². The monoisotopic (exact) mass is 370 g/mol. The summed E-state index contributed by atoms with van der Waals surface area (Å²) < 4.78 is 12.1. The number of allylic oxidation sites excluding steroid dienone is 3. The maximum atomic E-state index is 6.04. The van der Waals surface area contributed by atoms with Crippen molar-refractivity contribution in [1.29, 1.82) is 0 Å². The lowest BCUT2D eigenvalue weighted by Gasteiger charge is -2.56. The summed E-state index contributed by atoms with van der Waals surface area (Å²) in [7, 11) is 0. The van der Waals surface area contributed by atoms with Crippen molar-refractivity contribution in [2.24, 2.45) is 28.1 Å². The quantitative estimate of drug-likeness (QED) is 0.490. The van der Waals surface area contributed by atoms with Crippen LogP contribution in [0.2, 0.25) is 0 Å². The Balaban J connectivity index is 1.48. The van der Waals surface area contributed by atoms with Crippen molar-refractivity contribution in [3.05, 3.63) is 22.8 Å². The zero-order valence-electron chi connectivity index (χ0n) is 18.1. The lowest BCUT2D eigenvalue weighted by atomic mass is 9.48. The van der Waals surface area contributed by atoms with Gasteiger partial charge in [-0.3, -0.25) is 0 Å². The van der Waals surface area contributed by atoms with Gasteiger partial charge in [0.25, 0.3) is 0 Å². The van der Waals surface area contributed by atoms with Crippen LogP contribution in [-0.4, -0.2) is 19.0 Å². The van der Waals surface area contributed by atoms with Gasteiger partial charge in [-0.05, 0) is 77.8 Å². The van der Waals surface area contributed by atoms with E-state index in [9.17, 15) is 0 Å². The molecule has 0 aromatic carbocycles. The zero-order valence-corrected chi connectivity index (χ0v) is 18.1. The van der Waals surface area contributed by atoms with E-state index in [2.05, 4.69) is 40.7 Å². The molecule has 4 aliphatic carbocycles. The van der Waals surface area contributed by atoms with Crippen LogP contribution in [0.5, 0.6) is 0 Å². The van der Waals surface area contributed by atoms with Gasteiger partial charge in [0.2, 0.25) is 0 Å². The highest BCUT2D eigenvalue weighted by atomic mass is 16.7. The summed E-state index contributed by atoms with van der Waals surface area (Å²) in [6.45, 7) is 14.2. The van der Waals surface area contributed by atoms with Crippen LogP contribution < -0.4 is 0 Å². The molecule has 1 heterocycles. The first-order valence-corrected chi connectivity index (χ1v) is 11.4. The van der Waals surface area contributed by atoms with Crippen molar-refractivity contribution in [1.82, 2.24) is 0 Å². The Morgan fingerprint density at radius 3 is 2.44 bits per heavy atom. The molecule has 0 radical (unpaired) electrons. The van der Waals surface area contributed by atoms with Gasteiger partial charge in [0.1, 0.15) is 0 Å². The smallest absolute Gasteiger partial charge is 0.172 e. The SMILES string of the molecule is CC(C)(C)[C@@]1(C)CC[C@H]2[C@@H]3CCC4=C(CCC5(C4)OCCO5)C3=CC[C@@]21C. The van der Waals surface area contributed by atoms with Crippen molar-refractivity contribution >= 4 is 0 Å². The Hall–Kier alpha value is -0.600. The van der Waals surface area contributed by atoms with E-state index < -0.39 is 0 Å². The van der Waals surface area contributed by atoms with E-state index in [4.69, 9.17) is 9.47 Å². The average Bonchev–Trinajstić information content (AvgIpc) is 3.17. The lowest BCUT2D eigenvalue weighted by Crippen LogP contribution is -2.49. The summed E-state index contributed by atoms with van der Waals surface area (Å²) in [6, 6.07) is 0. The number of hydrogen-bond donors (Lipinski definition) is 0. The summed E-state index contributed by atoms with van der Waals surface area (Å²) in [6.07, 6.45) is 12.6. The van der Waals surface area contributed by atoms with Crippen molar-refractivity contribution in [3.63, 3.8) is 0 Å². The van der Waals surface area contributed by atoms with Gasteiger partial charge in [-0.15, -0.1) is 0 Å². The molecule has 0 aromatic rings. The summed E-state index contributed by atoms with van der Waals surface area (Å²) in [4.78, 5) is 0. The molecular formula is C25H38O2. The van der Waals surface area contributed by atoms with Crippen LogP contribution in [0.15, 0.2) is 22.8 Å². The average molecular weight is 371 g/mol. The van der Waals surface area contributed by atoms with Crippen LogP contribution in [0.3, 0.4) is 0 Å². The van der Waals surface area contributed by atoms with Crippen molar-refractivity contribution in [3.8, 4) is 0 Å². The molecule has 0 aromatic heterocycles. The van der Waals surface area contributed by atoms with Crippen LogP contribution in [-0.2, 0) is 9.47 Å². The molecule has 1 saturated carbocycles. The lowest BCUT2D eigenvalue weighted by molar-refractivity contribution is -0.164. The summed E-state index contributed by atoms with van der Waals surface area (Å²) in [5, 5.41) is 0. The molecule has 5 aliphatic rings. The first-order valence-electron chi connectivity index (χ1n) is 11.4. The van der Waals surface area contributed by atoms with E-state index in [-0.39, 0.29) is 5.79 Å². The van der Waals surface area contributed by atoms with E-state index in [0.717, 1.165) is 44.3 Å². The predicted octanol–water partition coefficient (Wildman–Crippen LogP) is 6.42. The van der Waals surface area contributed by atoms with Gasteiger partial charge in [0, 0.05) is 12.8 Å². The summed E-state index contributed by atoms with van der Waals surface area (Å²) >= 11 is 0. The Morgan fingerprint density at radius 2 is 1.74 bits per heavy atom. The zero-order chi connectivity index (χ0) is 19.1. The number of rotatable bonds is 0. The molecule has 1 aliphatic heterocycles. The summed E-state index contributed by atoms with van der Waals surface area (Å²) in [5.74, 6) is 1.39. The highest BCUT2D eigenvalue weighted by molar-refractivity contribution is 5.45. The minimum Gasteiger partial charge on any atom is -0.347 e. The van der Waals surface area contributed by atoms with Crippen LogP contribution >= 0.6 is 0 Å². The largest absolute Gasteiger partial charge is 0.347 e. The van der Waals surface area contributed by atoms with E-state index in [1.165, 1.54) is 32.1 Å². The predicted molar refractivity (Wildman–Crippen MR) is 109 cm³/mol. The molecule has 2 nitrogen and oxygen atoms in total. The molecule has 0 unspecified atom stereocenters. The molecule has 0 amide bonds. The molecule has 4 atom stereocenters. The standard InChI is InChI=1S/C25H38O2/c1-22(2,3)24(5)12-10-21-20-7-6-17-16-25(26-14-15-27-25)13-9-18(17)19(20)8-11-23(21,24)4/h8,20-21H,6-7,9-16H2,1-5H3/t20-,21+,23+,24-/m1/s1. The Labute approximate surface area is 165 Å². The van der Waals surface area contributed by atoms with E-state index in [1.807, 2.05) is 0 Å². The van der Waals surface area contributed by atoms with Gasteiger partial charge >= 0.3 is 0 Å². The van der Waals surface area contributed by atoms with Gasteiger partial charge < -0.3 is 9.47 Å². The van der Waals surface area contributed by atoms with Crippen LogP contribution in [0.4, 0.5) is 0 Å². The number of fused-ring (bicyclic) bond motifs is 4. The molecule has 150 valence electrons. The van der Waals surface area contributed by atoms with Crippen molar-refractivity contribution in [2.45, 2.75) is 91.8 Å². The molecular weight excluding hydrogens is 332 g/mol. The molecule has 2 heteroatoms. The Bertz CT molecular complexity index is 702. The molecule has 1 saturated heterocycles. The third-order valence-electron chi connectivity index (χ3n) is 9.91. The van der Waals surface area contributed by atoms with Gasteiger partial charge in [-0.2, -0.15) is 0 Å². The van der Waals surface area contributed by atoms with Gasteiger partial charge in [0.15, 0.2) is 5.79 Å². The third kappa shape index (κ3) is 2.38. The topological polar surface area (TPSA) is 18.5 Å². The maximum absolute atomic E-state index is 6.04. The summed E-state index contributed by atoms with van der Waals surface area (Å²) in [5.41, 5.74) is 6.36. The molecule has 0 bridgehead atoms. The molecule has 0 N–H and O–H groups in total. The van der Waals surface area contributed by atoms with Crippen LogP contribution in [0, 0.1) is 28.1 Å². The first kappa shape index (κ1) is 18.4. The fraction of sp³-hybridized carbons (Fsp3) is 0.840. The molecule has 5 rings (SSSR count). The third-order valence-corrected chi connectivity index (χ3v) is 9.91. The molecule has 27 heavy (non-hydrogen) atoms. The van der Waals surface area contributed by atoms with Gasteiger partial charge in [-0.1, -0.05) is 46.3 Å². The van der Waals surface area contributed by atoms with Crippen LogP contribution in [0.1, 0.15) is 86.0 Å². The molecule has 2 fully saturated rings.